The highest BCUT2D eigenvalue weighted by Crippen LogP contribution is 2.14. The highest BCUT2D eigenvalue weighted by atomic mass is 16.6. The highest BCUT2D eigenvalue weighted by Gasteiger charge is 2.33. The van der Waals surface area contributed by atoms with Gasteiger partial charge in [-0.25, -0.2) is 4.79 Å². The van der Waals surface area contributed by atoms with Crippen molar-refractivity contribution in [3.05, 3.63) is 0 Å². The molecule has 0 spiro atoms. The summed E-state index contributed by atoms with van der Waals surface area (Å²) in [5, 5.41) is 8.87. The predicted molar refractivity (Wildman–Crippen MR) is 106 cm³/mol. The molecule has 0 radical (unpaired) electrons. The molecule has 0 aliphatic carbocycles. The van der Waals surface area contributed by atoms with Gasteiger partial charge in [-0.05, 0) is 19.5 Å². The monoisotopic (exact) mass is 397 g/mol. The molecule has 0 bridgehead atoms. The van der Waals surface area contributed by atoms with Gasteiger partial charge in [0.2, 0.25) is 0 Å². The number of carboxylic acids is 1. The molecule has 160 valence electrons. The number of carboxylic acid groups (broad SMARTS) is 1. The van der Waals surface area contributed by atoms with Crippen molar-refractivity contribution in [3.8, 4) is 0 Å². The first-order valence-electron chi connectivity index (χ1n) is 10.6. The van der Waals surface area contributed by atoms with Gasteiger partial charge in [-0.3, -0.25) is 14.6 Å². The Balaban J connectivity index is 1.30. The third-order valence-electron chi connectivity index (χ3n) is 6.05. The molecule has 0 aromatic carbocycles. The lowest BCUT2D eigenvalue weighted by Gasteiger charge is -2.34. The Morgan fingerprint density at radius 3 is 2.21 bits per heavy atom. The van der Waals surface area contributed by atoms with Crippen molar-refractivity contribution in [2.75, 3.05) is 91.6 Å². The molecule has 3 saturated heterocycles. The number of hydrogen-bond donors (Lipinski definition) is 1. The van der Waals surface area contributed by atoms with Crippen molar-refractivity contribution in [1.29, 1.82) is 0 Å². The summed E-state index contributed by atoms with van der Waals surface area (Å²) >= 11 is 0. The molecule has 1 N–H and O–H groups in total. The minimum atomic E-state index is -0.777. The lowest BCUT2D eigenvalue weighted by atomic mass is 10.2. The number of nitrogens with zero attached hydrogens (tertiary/aromatic N) is 5. The third-order valence-corrected chi connectivity index (χ3v) is 6.05. The van der Waals surface area contributed by atoms with E-state index in [2.05, 4.69) is 21.6 Å². The summed E-state index contributed by atoms with van der Waals surface area (Å²) in [5.74, 6) is -0.777. The van der Waals surface area contributed by atoms with Gasteiger partial charge in [0.15, 0.2) is 0 Å². The Bertz CT molecular complexity index is 518. The Morgan fingerprint density at radius 1 is 0.964 bits per heavy atom. The SMILES string of the molecule is CCN1CCN(CCCN2CC(CN3CCN(CC(=O)O)CC3)OC2=O)CC1. The van der Waals surface area contributed by atoms with Crippen LogP contribution in [-0.2, 0) is 9.53 Å². The van der Waals surface area contributed by atoms with Crippen LogP contribution >= 0.6 is 0 Å². The van der Waals surface area contributed by atoms with Crippen LogP contribution in [0.2, 0.25) is 0 Å². The van der Waals surface area contributed by atoms with Crippen molar-refractivity contribution in [2.24, 2.45) is 0 Å². The molecule has 9 heteroatoms. The number of carbonyl (C=O) groups is 2. The molecule has 28 heavy (non-hydrogen) atoms. The number of rotatable bonds is 9. The van der Waals surface area contributed by atoms with Gasteiger partial charge in [0.05, 0.1) is 13.1 Å². The molecular weight excluding hydrogens is 362 g/mol. The summed E-state index contributed by atoms with van der Waals surface area (Å²) in [5.41, 5.74) is 0. The van der Waals surface area contributed by atoms with Crippen LogP contribution in [0.5, 0.6) is 0 Å². The van der Waals surface area contributed by atoms with Crippen LogP contribution in [0, 0.1) is 0 Å². The minimum absolute atomic E-state index is 0.0772. The molecule has 0 aromatic rings. The first-order chi connectivity index (χ1) is 13.5. The summed E-state index contributed by atoms with van der Waals surface area (Å²) in [6.07, 6.45) is 0.721. The van der Waals surface area contributed by atoms with Gasteiger partial charge in [0.25, 0.3) is 0 Å². The zero-order valence-corrected chi connectivity index (χ0v) is 17.1. The number of cyclic esters (lactones) is 1. The first kappa shape index (κ1) is 21.3. The number of amides is 1. The molecule has 1 atom stereocenters. The maximum atomic E-state index is 12.2. The largest absolute Gasteiger partial charge is 0.480 e. The predicted octanol–water partition coefficient (Wildman–Crippen LogP) is -0.463. The maximum absolute atomic E-state index is 12.2. The fourth-order valence-corrected chi connectivity index (χ4v) is 4.28. The second-order valence-electron chi connectivity index (χ2n) is 8.05. The first-order valence-corrected chi connectivity index (χ1v) is 10.6. The van der Waals surface area contributed by atoms with Gasteiger partial charge in [0.1, 0.15) is 6.10 Å². The van der Waals surface area contributed by atoms with Crippen LogP contribution in [0.4, 0.5) is 4.79 Å². The molecule has 3 rings (SSSR count). The van der Waals surface area contributed by atoms with E-state index >= 15 is 0 Å². The van der Waals surface area contributed by atoms with Crippen molar-refractivity contribution >= 4 is 12.1 Å². The van der Waals surface area contributed by atoms with E-state index in [1.807, 2.05) is 9.80 Å². The Kier molecular flexibility index (Phi) is 7.90. The normalized spacial score (nSPS) is 26.0. The molecule has 0 aromatic heterocycles. The fraction of sp³-hybridized carbons (Fsp3) is 0.895. The van der Waals surface area contributed by atoms with Crippen LogP contribution in [0.3, 0.4) is 0 Å². The number of piperazine rings is 2. The molecule has 3 heterocycles. The van der Waals surface area contributed by atoms with E-state index in [1.54, 1.807) is 0 Å². The van der Waals surface area contributed by atoms with Crippen LogP contribution in [-0.4, -0.2) is 139 Å². The molecular formula is C19H35N5O4. The lowest BCUT2D eigenvalue weighted by molar-refractivity contribution is -0.138. The molecule has 1 unspecified atom stereocenters. The van der Waals surface area contributed by atoms with Crippen molar-refractivity contribution in [3.63, 3.8) is 0 Å². The van der Waals surface area contributed by atoms with Gasteiger partial charge >= 0.3 is 12.1 Å². The Labute approximate surface area is 167 Å². The molecule has 3 aliphatic rings. The van der Waals surface area contributed by atoms with Crippen LogP contribution < -0.4 is 0 Å². The Morgan fingerprint density at radius 2 is 1.57 bits per heavy atom. The zero-order valence-electron chi connectivity index (χ0n) is 17.1. The van der Waals surface area contributed by atoms with Gasteiger partial charge in [-0.1, -0.05) is 6.92 Å². The molecule has 1 amide bonds. The molecule has 3 fully saturated rings. The fourth-order valence-electron chi connectivity index (χ4n) is 4.28. The Hall–Kier alpha value is -1.42. The van der Waals surface area contributed by atoms with Crippen LogP contribution in [0.25, 0.3) is 0 Å². The number of ether oxygens (including phenoxy) is 1. The number of likely N-dealkylation sites (N-methyl/N-ethyl adjacent to an activating group) is 1. The average Bonchev–Trinajstić information content (AvgIpc) is 3.02. The van der Waals surface area contributed by atoms with Crippen LogP contribution in [0.15, 0.2) is 0 Å². The third kappa shape index (κ3) is 6.30. The summed E-state index contributed by atoms with van der Waals surface area (Å²) in [6, 6.07) is 0. The summed E-state index contributed by atoms with van der Waals surface area (Å²) in [4.78, 5) is 34.0. The maximum Gasteiger partial charge on any atom is 0.410 e. The summed E-state index contributed by atoms with van der Waals surface area (Å²) in [7, 11) is 0. The molecule has 3 aliphatic heterocycles. The molecule has 0 saturated carbocycles. The van der Waals surface area contributed by atoms with Gasteiger partial charge < -0.3 is 24.5 Å². The highest BCUT2D eigenvalue weighted by molar-refractivity contribution is 5.70. The topological polar surface area (TPSA) is 79.8 Å². The average molecular weight is 398 g/mol. The van der Waals surface area contributed by atoms with E-state index in [0.717, 1.165) is 85.0 Å². The smallest absolute Gasteiger partial charge is 0.410 e. The van der Waals surface area contributed by atoms with E-state index in [1.165, 1.54) is 0 Å². The van der Waals surface area contributed by atoms with E-state index in [-0.39, 0.29) is 18.7 Å². The van der Waals surface area contributed by atoms with E-state index in [9.17, 15) is 9.59 Å². The number of carbonyl (C=O) groups excluding carboxylic acids is 1. The summed E-state index contributed by atoms with van der Waals surface area (Å²) < 4.78 is 5.56. The molecule has 9 nitrogen and oxygen atoms in total. The van der Waals surface area contributed by atoms with Gasteiger partial charge in [-0.15, -0.1) is 0 Å². The second kappa shape index (κ2) is 10.4. The van der Waals surface area contributed by atoms with E-state index in [0.29, 0.717) is 6.54 Å². The van der Waals surface area contributed by atoms with Gasteiger partial charge in [0, 0.05) is 65.4 Å². The minimum Gasteiger partial charge on any atom is -0.480 e. The lowest BCUT2D eigenvalue weighted by Crippen LogP contribution is -2.50. The van der Waals surface area contributed by atoms with Gasteiger partial charge in [-0.2, -0.15) is 0 Å². The van der Waals surface area contributed by atoms with Crippen molar-refractivity contribution < 1.29 is 19.4 Å². The van der Waals surface area contributed by atoms with E-state index < -0.39 is 5.97 Å². The zero-order chi connectivity index (χ0) is 19.9. The van der Waals surface area contributed by atoms with Crippen molar-refractivity contribution in [1.82, 2.24) is 24.5 Å². The summed E-state index contributed by atoms with van der Waals surface area (Å²) in [6.45, 7) is 14.3. The second-order valence-corrected chi connectivity index (χ2v) is 8.05. The quantitative estimate of drug-likeness (QED) is 0.560. The van der Waals surface area contributed by atoms with E-state index in [4.69, 9.17) is 9.84 Å². The van der Waals surface area contributed by atoms with Crippen molar-refractivity contribution in [2.45, 2.75) is 19.4 Å². The number of hydrogen-bond acceptors (Lipinski definition) is 7. The van der Waals surface area contributed by atoms with Crippen LogP contribution in [0.1, 0.15) is 13.3 Å². The standard InChI is InChI=1S/C19H35N5O4/c1-2-20-6-8-21(9-7-20)4-3-5-24-15-17(28-19(24)27)14-22-10-12-23(13-11-22)16-18(25)26/h17H,2-16H2,1H3,(H,25,26). The number of aliphatic carboxylic acids is 1.